The van der Waals surface area contributed by atoms with Crippen LogP contribution in [0.15, 0.2) is 12.3 Å². The maximum atomic E-state index is 14.0. The van der Waals surface area contributed by atoms with Crippen LogP contribution in [-0.2, 0) is 4.74 Å². The Hall–Kier alpha value is -1.73. The maximum Gasteiger partial charge on any atom is 0.338 e. The number of ether oxygens (including phenoxy) is 1. The summed E-state index contributed by atoms with van der Waals surface area (Å²) in [6.07, 6.45) is 0.846. The summed E-state index contributed by atoms with van der Waals surface area (Å²) in [6, 6.07) is 1.12. The normalized spacial score (nSPS) is 19.9. The first-order chi connectivity index (χ1) is 8.63. The molecule has 1 aliphatic heterocycles. The molecule has 1 aliphatic rings. The third kappa shape index (κ3) is 2.41. The molecule has 6 nitrogen and oxygen atoms in total. The number of aromatic nitrogens is 1. The maximum absolute atomic E-state index is 14.0. The van der Waals surface area contributed by atoms with E-state index in [0.29, 0.717) is 13.2 Å². The fourth-order valence-corrected chi connectivity index (χ4v) is 1.84. The lowest BCUT2D eigenvalue weighted by Crippen LogP contribution is -2.45. The molecule has 1 fully saturated rings. The second kappa shape index (κ2) is 5.28. The lowest BCUT2D eigenvalue weighted by molar-refractivity contribution is 0.00318. The van der Waals surface area contributed by atoms with Gasteiger partial charge in [0.1, 0.15) is 5.56 Å². The zero-order chi connectivity index (χ0) is 13.1. The highest BCUT2D eigenvalue weighted by atomic mass is 19.1. The van der Waals surface area contributed by atoms with Crippen LogP contribution >= 0.6 is 0 Å². The number of rotatable bonds is 3. The summed E-state index contributed by atoms with van der Waals surface area (Å²) in [5.41, 5.74) is -0.410. The fraction of sp³-hybridized carbons (Fsp3) is 0.455. The Morgan fingerprint density at radius 1 is 1.67 bits per heavy atom. The van der Waals surface area contributed by atoms with Gasteiger partial charge in [0, 0.05) is 19.3 Å². The topological polar surface area (TPSA) is 82.9 Å². The molecule has 1 saturated heterocycles. The average molecular weight is 256 g/mol. The van der Waals surface area contributed by atoms with E-state index in [0.717, 1.165) is 6.07 Å². The van der Waals surface area contributed by atoms with Gasteiger partial charge in [-0.1, -0.05) is 0 Å². The number of carboxylic acids is 1. The molecule has 0 saturated carbocycles. The highest BCUT2D eigenvalue weighted by Gasteiger charge is 2.25. The molecular formula is C11H13FN2O4. The van der Waals surface area contributed by atoms with E-state index in [1.54, 1.807) is 4.90 Å². The molecule has 18 heavy (non-hydrogen) atoms. The minimum atomic E-state index is -1.33. The van der Waals surface area contributed by atoms with Crippen molar-refractivity contribution < 1.29 is 24.1 Å². The molecule has 1 atom stereocenters. The Morgan fingerprint density at radius 2 is 2.44 bits per heavy atom. The smallest absolute Gasteiger partial charge is 0.338 e. The molecule has 7 heteroatoms. The first-order valence-corrected chi connectivity index (χ1v) is 5.48. The van der Waals surface area contributed by atoms with Crippen LogP contribution in [0.25, 0.3) is 0 Å². The van der Waals surface area contributed by atoms with E-state index in [1.165, 1.54) is 6.20 Å². The summed E-state index contributed by atoms with van der Waals surface area (Å²) < 4.78 is 19.2. The first kappa shape index (κ1) is 12.7. The number of aliphatic hydroxyl groups is 1. The highest BCUT2D eigenvalue weighted by Crippen LogP contribution is 2.21. The van der Waals surface area contributed by atoms with Gasteiger partial charge in [-0.2, -0.15) is 0 Å². The summed E-state index contributed by atoms with van der Waals surface area (Å²) in [7, 11) is 0. The van der Waals surface area contributed by atoms with Crippen LogP contribution in [0.1, 0.15) is 10.4 Å². The van der Waals surface area contributed by atoms with Crippen LogP contribution in [0, 0.1) is 5.82 Å². The van der Waals surface area contributed by atoms with Gasteiger partial charge < -0.3 is 19.8 Å². The van der Waals surface area contributed by atoms with Gasteiger partial charge in [-0.25, -0.2) is 14.2 Å². The van der Waals surface area contributed by atoms with Crippen molar-refractivity contribution in [1.82, 2.24) is 4.98 Å². The zero-order valence-electron chi connectivity index (χ0n) is 9.54. The number of anilines is 1. The van der Waals surface area contributed by atoms with E-state index in [9.17, 15) is 9.18 Å². The summed E-state index contributed by atoms with van der Waals surface area (Å²) in [6.45, 7) is 0.855. The fourth-order valence-electron chi connectivity index (χ4n) is 1.84. The van der Waals surface area contributed by atoms with Gasteiger partial charge >= 0.3 is 5.97 Å². The SMILES string of the molecule is O=C(O)c1ccnc(N2CCOC(CO)C2)c1F. The Bertz CT molecular complexity index is 455. The van der Waals surface area contributed by atoms with Crippen molar-refractivity contribution in [2.75, 3.05) is 31.2 Å². The highest BCUT2D eigenvalue weighted by molar-refractivity contribution is 5.88. The molecular weight excluding hydrogens is 243 g/mol. The number of hydrogen-bond acceptors (Lipinski definition) is 5. The molecule has 0 amide bonds. The van der Waals surface area contributed by atoms with Crippen molar-refractivity contribution in [3.63, 3.8) is 0 Å². The molecule has 1 unspecified atom stereocenters. The number of nitrogens with zero attached hydrogens (tertiary/aromatic N) is 2. The largest absolute Gasteiger partial charge is 0.478 e. The van der Waals surface area contributed by atoms with E-state index in [2.05, 4.69) is 4.98 Å². The Labute approximate surface area is 103 Å². The number of carboxylic acid groups (broad SMARTS) is 1. The average Bonchev–Trinajstić information content (AvgIpc) is 2.38. The van der Waals surface area contributed by atoms with E-state index in [1.807, 2.05) is 0 Å². The molecule has 2 heterocycles. The Kier molecular flexibility index (Phi) is 3.73. The van der Waals surface area contributed by atoms with Crippen molar-refractivity contribution in [3.05, 3.63) is 23.6 Å². The first-order valence-electron chi connectivity index (χ1n) is 5.48. The predicted molar refractivity (Wildman–Crippen MR) is 60.2 cm³/mol. The summed E-state index contributed by atoms with van der Waals surface area (Å²) in [5, 5.41) is 17.8. The zero-order valence-corrected chi connectivity index (χ0v) is 9.54. The minimum Gasteiger partial charge on any atom is -0.478 e. The van der Waals surface area contributed by atoms with E-state index in [-0.39, 0.29) is 19.0 Å². The number of carbonyl (C=O) groups is 1. The second-order valence-corrected chi connectivity index (χ2v) is 3.92. The van der Waals surface area contributed by atoms with Crippen LogP contribution in [0.3, 0.4) is 0 Å². The molecule has 0 radical (unpaired) electrons. The third-order valence-electron chi connectivity index (χ3n) is 2.74. The molecule has 0 aromatic carbocycles. The number of hydrogen-bond donors (Lipinski definition) is 2. The second-order valence-electron chi connectivity index (χ2n) is 3.92. The number of aliphatic hydroxyl groups excluding tert-OH is 1. The van der Waals surface area contributed by atoms with Crippen molar-refractivity contribution in [1.29, 1.82) is 0 Å². The van der Waals surface area contributed by atoms with Crippen LogP contribution < -0.4 is 4.90 Å². The minimum absolute atomic E-state index is 0.0170. The lowest BCUT2D eigenvalue weighted by Gasteiger charge is -2.33. The summed E-state index contributed by atoms with van der Waals surface area (Å²) in [4.78, 5) is 16.3. The molecule has 0 spiro atoms. The van der Waals surface area contributed by atoms with E-state index >= 15 is 0 Å². The number of pyridine rings is 1. The van der Waals surface area contributed by atoms with Crippen LogP contribution in [-0.4, -0.2) is 53.6 Å². The molecule has 1 aromatic heterocycles. The molecule has 2 N–H and O–H groups in total. The summed E-state index contributed by atoms with van der Waals surface area (Å²) in [5.74, 6) is -2.21. The lowest BCUT2D eigenvalue weighted by atomic mass is 10.2. The summed E-state index contributed by atoms with van der Waals surface area (Å²) >= 11 is 0. The van der Waals surface area contributed by atoms with Crippen molar-refractivity contribution in [3.8, 4) is 0 Å². The van der Waals surface area contributed by atoms with Gasteiger partial charge in [0.25, 0.3) is 0 Å². The predicted octanol–water partition coefficient (Wildman–Crippen LogP) is 0.116. The van der Waals surface area contributed by atoms with E-state index in [4.69, 9.17) is 14.9 Å². The van der Waals surface area contributed by atoms with Gasteiger partial charge in [0.05, 0.1) is 19.3 Å². The van der Waals surface area contributed by atoms with Gasteiger partial charge in [0.15, 0.2) is 11.6 Å². The molecule has 1 aromatic rings. The van der Waals surface area contributed by atoms with Gasteiger partial charge in [0.2, 0.25) is 0 Å². The van der Waals surface area contributed by atoms with Gasteiger partial charge in [-0.15, -0.1) is 0 Å². The van der Waals surface area contributed by atoms with Gasteiger partial charge in [-0.05, 0) is 6.07 Å². The van der Waals surface area contributed by atoms with Gasteiger partial charge in [-0.3, -0.25) is 0 Å². The molecule has 0 bridgehead atoms. The number of morpholine rings is 1. The van der Waals surface area contributed by atoms with E-state index < -0.39 is 23.5 Å². The van der Waals surface area contributed by atoms with Crippen LogP contribution in [0.2, 0.25) is 0 Å². The molecule has 98 valence electrons. The molecule has 0 aliphatic carbocycles. The van der Waals surface area contributed by atoms with Crippen molar-refractivity contribution in [2.24, 2.45) is 0 Å². The monoisotopic (exact) mass is 256 g/mol. The standard InChI is InChI=1S/C11H13FN2O4/c12-9-8(11(16)17)1-2-13-10(9)14-3-4-18-7(5-14)6-15/h1-2,7,15H,3-6H2,(H,16,17). The Morgan fingerprint density at radius 3 is 3.11 bits per heavy atom. The number of halogens is 1. The molecule has 2 rings (SSSR count). The number of aromatic carboxylic acids is 1. The quantitative estimate of drug-likeness (QED) is 0.799. The van der Waals surface area contributed by atoms with Crippen molar-refractivity contribution >= 4 is 11.8 Å². The van der Waals surface area contributed by atoms with Crippen molar-refractivity contribution in [2.45, 2.75) is 6.10 Å². The third-order valence-corrected chi connectivity index (χ3v) is 2.74. The Balaban J connectivity index is 2.27. The van der Waals surface area contributed by atoms with Crippen LogP contribution in [0.4, 0.5) is 10.2 Å². The van der Waals surface area contributed by atoms with Crippen LogP contribution in [0.5, 0.6) is 0 Å².